The van der Waals surface area contributed by atoms with Crippen LogP contribution in [0.1, 0.15) is 64.0 Å². The number of Topliss-reactive ketones (excluding diaryl/α,β-unsaturated/α-hetero) is 1. The minimum atomic E-state index is -0.155. The average molecular weight is 338 g/mol. The van der Waals surface area contributed by atoms with Crippen molar-refractivity contribution in [3.8, 4) is 0 Å². The van der Waals surface area contributed by atoms with Gasteiger partial charge in [-0.1, -0.05) is 51.5 Å². The first-order valence-corrected chi connectivity index (χ1v) is 9.99. The van der Waals surface area contributed by atoms with Gasteiger partial charge >= 0.3 is 0 Å². The van der Waals surface area contributed by atoms with Crippen molar-refractivity contribution in [2.24, 2.45) is 16.7 Å². The van der Waals surface area contributed by atoms with Crippen LogP contribution in [0.4, 0.5) is 0 Å². The minimum Gasteiger partial charge on any atom is -0.299 e. The van der Waals surface area contributed by atoms with E-state index < -0.39 is 0 Å². The lowest BCUT2D eigenvalue weighted by atomic mass is 9.70. The molecule has 1 aromatic rings. The van der Waals surface area contributed by atoms with Gasteiger partial charge in [0.05, 0.1) is 0 Å². The number of ketones is 1. The van der Waals surface area contributed by atoms with E-state index in [1.165, 1.54) is 43.5 Å². The van der Waals surface area contributed by atoms with Crippen molar-refractivity contribution < 1.29 is 4.79 Å². The summed E-state index contributed by atoms with van der Waals surface area (Å²) in [6.45, 7) is 10.3. The van der Waals surface area contributed by atoms with Crippen molar-refractivity contribution in [2.45, 2.75) is 59.4 Å². The summed E-state index contributed by atoms with van der Waals surface area (Å²) in [5.74, 6) is 0.823. The number of benzene rings is 1. The van der Waals surface area contributed by atoms with E-state index in [0.717, 1.165) is 25.0 Å². The molecule has 0 amide bonds. The van der Waals surface area contributed by atoms with E-state index >= 15 is 0 Å². The molecule has 0 N–H and O–H groups in total. The van der Waals surface area contributed by atoms with Crippen LogP contribution in [0.5, 0.6) is 0 Å². The van der Waals surface area contributed by atoms with E-state index in [4.69, 9.17) is 0 Å². The predicted octanol–water partition coefficient (Wildman–Crippen LogP) is 5.08. The summed E-state index contributed by atoms with van der Waals surface area (Å²) in [5.41, 5.74) is 3.58. The van der Waals surface area contributed by atoms with Crippen LogP contribution >= 0.6 is 0 Å². The predicted molar refractivity (Wildman–Crippen MR) is 103 cm³/mol. The SMILES string of the molecule is CC12CCC(/C(=C\c3ccc(CN4CCCCC4)cc3)C1=O)C2(C)C. The molecule has 1 heterocycles. The molecule has 1 aromatic carbocycles. The summed E-state index contributed by atoms with van der Waals surface area (Å²) in [4.78, 5) is 15.5. The molecule has 2 bridgehead atoms. The van der Waals surface area contributed by atoms with E-state index in [2.05, 4.69) is 56.0 Å². The number of nitrogens with zero attached hydrogens (tertiary/aromatic N) is 1. The van der Waals surface area contributed by atoms with Crippen LogP contribution in [0.15, 0.2) is 29.8 Å². The molecule has 2 saturated carbocycles. The first-order valence-electron chi connectivity index (χ1n) is 9.99. The van der Waals surface area contributed by atoms with Gasteiger partial charge in [-0.25, -0.2) is 0 Å². The fourth-order valence-corrected chi connectivity index (χ4v) is 5.37. The Kier molecular flexibility index (Phi) is 4.15. The number of hydrogen-bond donors (Lipinski definition) is 0. The first kappa shape index (κ1) is 17.0. The molecule has 0 aromatic heterocycles. The molecule has 2 aliphatic carbocycles. The Hall–Kier alpha value is -1.41. The lowest BCUT2D eigenvalue weighted by molar-refractivity contribution is -0.125. The number of allylic oxidation sites excluding steroid dienone is 1. The highest BCUT2D eigenvalue weighted by Crippen LogP contribution is 2.65. The monoisotopic (exact) mass is 337 g/mol. The molecule has 1 saturated heterocycles. The molecule has 25 heavy (non-hydrogen) atoms. The Bertz CT molecular complexity index is 693. The molecule has 2 heteroatoms. The maximum atomic E-state index is 13.0. The molecule has 1 aliphatic heterocycles. The fourth-order valence-electron chi connectivity index (χ4n) is 5.37. The third-order valence-corrected chi connectivity index (χ3v) is 7.52. The molecule has 2 atom stereocenters. The van der Waals surface area contributed by atoms with Crippen LogP contribution in [0.25, 0.3) is 6.08 Å². The van der Waals surface area contributed by atoms with Crippen molar-refractivity contribution in [2.75, 3.05) is 13.1 Å². The van der Waals surface area contributed by atoms with E-state index in [-0.39, 0.29) is 10.8 Å². The summed E-state index contributed by atoms with van der Waals surface area (Å²) in [5, 5.41) is 0. The van der Waals surface area contributed by atoms with Crippen LogP contribution in [-0.4, -0.2) is 23.8 Å². The number of fused-ring (bicyclic) bond motifs is 2. The second-order valence-electron chi connectivity index (χ2n) is 9.15. The molecule has 3 aliphatic rings. The Labute approximate surface area is 152 Å². The fraction of sp³-hybridized carbons (Fsp3) is 0.609. The Morgan fingerprint density at radius 1 is 1.08 bits per heavy atom. The smallest absolute Gasteiger partial charge is 0.165 e. The van der Waals surface area contributed by atoms with Crippen molar-refractivity contribution in [1.29, 1.82) is 0 Å². The highest BCUT2D eigenvalue weighted by atomic mass is 16.1. The molecular formula is C23H31NO. The van der Waals surface area contributed by atoms with Crippen LogP contribution in [0, 0.1) is 16.7 Å². The zero-order chi connectivity index (χ0) is 17.7. The van der Waals surface area contributed by atoms with Gasteiger partial charge in [-0.2, -0.15) is 0 Å². The third-order valence-electron chi connectivity index (χ3n) is 7.52. The zero-order valence-electron chi connectivity index (χ0n) is 16.0. The number of piperidine rings is 1. The van der Waals surface area contributed by atoms with Gasteiger partial charge in [0, 0.05) is 12.0 Å². The average Bonchev–Trinajstić information content (AvgIpc) is 2.91. The normalized spacial score (nSPS) is 33.3. The summed E-state index contributed by atoms with van der Waals surface area (Å²) in [6.07, 6.45) is 8.44. The summed E-state index contributed by atoms with van der Waals surface area (Å²) in [6, 6.07) is 8.87. The topological polar surface area (TPSA) is 20.3 Å². The molecule has 0 radical (unpaired) electrons. The number of carbonyl (C=O) groups is 1. The second-order valence-corrected chi connectivity index (χ2v) is 9.15. The summed E-state index contributed by atoms with van der Waals surface area (Å²) in [7, 11) is 0. The van der Waals surface area contributed by atoms with Crippen molar-refractivity contribution >= 4 is 11.9 Å². The maximum Gasteiger partial charge on any atom is 0.165 e. The number of likely N-dealkylation sites (tertiary alicyclic amines) is 1. The van der Waals surface area contributed by atoms with Gasteiger partial charge in [-0.05, 0) is 72.9 Å². The van der Waals surface area contributed by atoms with Crippen LogP contribution < -0.4 is 0 Å². The van der Waals surface area contributed by atoms with E-state index in [1.54, 1.807) is 0 Å². The number of rotatable bonds is 3. The summed E-state index contributed by atoms with van der Waals surface area (Å²) >= 11 is 0. The Morgan fingerprint density at radius 3 is 2.36 bits per heavy atom. The molecule has 2 nitrogen and oxygen atoms in total. The van der Waals surface area contributed by atoms with Gasteiger partial charge in [-0.15, -0.1) is 0 Å². The highest BCUT2D eigenvalue weighted by molar-refractivity contribution is 6.07. The van der Waals surface area contributed by atoms with E-state index in [9.17, 15) is 4.79 Å². The third kappa shape index (κ3) is 2.70. The van der Waals surface area contributed by atoms with Crippen LogP contribution in [-0.2, 0) is 11.3 Å². The number of carbonyl (C=O) groups excluding carboxylic acids is 1. The van der Waals surface area contributed by atoms with Gasteiger partial charge in [0.2, 0.25) is 0 Å². The van der Waals surface area contributed by atoms with Crippen molar-refractivity contribution in [3.05, 3.63) is 41.0 Å². The van der Waals surface area contributed by atoms with Gasteiger partial charge in [0.15, 0.2) is 5.78 Å². The summed E-state index contributed by atoms with van der Waals surface area (Å²) < 4.78 is 0. The lowest BCUT2D eigenvalue weighted by Crippen LogP contribution is -2.32. The first-order chi connectivity index (χ1) is 11.9. The molecule has 3 fully saturated rings. The Balaban J connectivity index is 1.51. The van der Waals surface area contributed by atoms with Gasteiger partial charge in [0.1, 0.15) is 0 Å². The quantitative estimate of drug-likeness (QED) is 0.717. The highest BCUT2D eigenvalue weighted by Gasteiger charge is 2.63. The standard InChI is InChI=1S/C23H31NO/c1-22(2)20-11-12-23(22,3)21(25)19(20)15-17-7-9-18(10-8-17)16-24-13-5-4-6-14-24/h7-10,15,20H,4-6,11-14,16H2,1-3H3/b19-15+. The molecule has 134 valence electrons. The molecule has 2 unspecified atom stereocenters. The second kappa shape index (κ2) is 6.09. The van der Waals surface area contributed by atoms with Crippen LogP contribution in [0.3, 0.4) is 0 Å². The minimum absolute atomic E-state index is 0.101. The molecular weight excluding hydrogens is 306 g/mol. The van der Waals surface area contributed by atoms with Crippen molar-refractivity contribution in [3.63, 3.8) is 0 Å². The van der Waals surface area contributed by atoms with E-state index in [0.29, 0.717) is 11.7 Å². The van der Waals surface area contributed by atoms with Crippen LogP contribution in [0.2, 0.25) is 0 Å². The zero-order valence-corrected chi connectivity index (χ0v) is 16.0. The van der Waals surface area contributed by atoms with Crippen molar-refractivity contribution in [1.82, 2.24) is 4.90 Å². The molecule has 4 rings (SSSR count). The lowest BCUT2D eigenvalue weighted by Gasteiger charge is -2.31. The van der Waals surface area contributed by atoms with Gasteiger partial charge in [-0.3, -0.25) is 9.69 Å². The van der Waals surface area contributed by atoms with Gasteiger partial charge in [0.25, 0.3) is 0 Å². The molecule has 0 spiro atoms. The van der Waals surface area contributed by atoms with E-state index in [1.807, 2.05) is 0 Å². The Morgan fingerprint density at radius 2 is 1.76 bits per heavy atom. The maximum absolute atomic E-state index is 13.0. The largest absolute Gasteiger partial charge is 0.299 e. The van der Waals surface area contributed by atoms with Gasteiger partial charge < -0.3 is 0 Å². The number of hydrogen-bond acceptors (Lipinski definition) is 2.